The largest absolute Gasteiger partial charge is 0.299 e. The molecule has 1 nitrogen and oxygen atoms in total. The first-order valence-corrected chi connectivity index (χ1v) is 7.03. The number of nitrogens with zero attached hydrogens (tertiary/aromatic N) is 1. The van der Waals surface area contributed by atoms with Crippen molar-refractivity contribution < 1.29 is 0 Å². The number of rotatable bonds is 4. The van der Waals surface area contributed by atoms with Gasteiger partial charge < -0.3 is 0 Å². The molecule has 1 atom stereocenters. The number of hydrogen-bond donors (Lipinski definition) is 0. The molecule has 0 aliphatic rings. The summed E-state index contributed by atoms with van der Waals surface area (Å²) in [6.07, 6.45) is 1.12. The van der Waals surface area contributed by atoms with Gasteiger partial charge in [0.05, 0.1) is 0 Å². The predicted molar refractivity (Wildman–Crippen MR) is 81.2 cm³/mol. The molecule has 0 fully saturated rings. The van der Waals surface area contributed by atoms with Crippen molar-refractivity contribution >= 4 is 0 Å². The van der Waals surface area contributed by atoms with Crippen LogP contribution in [0.4, 0.5) is 0 Å². The molecule has 18 heavy (non-hydrogen) atoms. The zero-order valence-corrected chi connectivity index (χ0v) is 13.1. The van der Waals surface area contributed by atoms with E-state index in [4.69, 9.17) is 0 Å². The molecule has 0 saturated carbocycles. The molecule has 1 aromatic rings. The molecule has 0 aliphatic heterocycles. The van der Waals surface area contributed by atoms with Crippen LogP contribution in [0.1, 0.15) is 58.6 Å². The van der Waals surface area contributed by atoms with Crippen LogP contribution in [0, 0.1) is 0 Å². The lowest BCUT2D eigenvalue weighted by Gasteiger charge is -2.37. The van der Waals surface area contributed by atoms with Crippen LogP contribution in [0.3, 0.4) is 0 Å². The second-order valence-corrected chi connectivity index (χ2v) is 6.73. The highest BCUT2D eigenvalue weighted by atomic mass is 15.2. The Morgan fingerprint density at radius 1 is 1.00 bits per heavy atom. The highest BCUT2D eigenvalue weighted by Crippen LogP contribution is 2.19. The fourth-order valence-corrected chi connectivity index (χ4v) is 2.18. The first-order chi connectivity index (χ1) is 8.21. The van der Waals surface area contributed by atoms with Crippen LogP contribution < -0.4 is 0 Å². The zero-order valence-electron chi connectivity index (χ0n) is 13.1. The second kappa shape index (κ2) is 5.88. The molecular weight excluding hydrogens is 218 g/mol. The third kappa shape index (κ3) is 4.13. The van der Waals surface area contributed by atoms with Gasteiger partial charge in [0.15, 0.2) is 0 Å². The monoisotopic (exact) mass is 247 g/mol. The van der Waals surface area contributed by atoms with Crippen LogP contribution in [0.15, 0.2) is 24.3 Å². The molecule has 0 aromatic heterocycles. The van der Waals surface area contributed by atoms with Crippen molar-refractivity contribution in [1.82, 2.24) is 4.90 Å². The number of benzene rings is 1. The lowest BCUT2D eigenvalue weighted by atomic mass is 9.97. The highest BCUT2D eigenvalue weighted by molar-refractivity contribution is 5.25. The van der Waals surface area contributed by atoms with Crippen molar-refractivity contribution in [2.24, 2.45) is 0 Å². The van der Waals surface area contributed by atoms with Gasteiger partial charge in [0.25, 0.3) is 0 Å². The van der Waals surface area contributed by atoms with Crippen LogP contribution in [-0.4, -0.2) is 23.5 Å². The average Bonchev–Trinajstić information content (AvgIpc) is 2.27. The first-order valence-electron chi connectivity index (χ1n) is 7.03. The molecule has 1 unspecified atom stereocenters. The Kier molecular flexibility index (Phi) is 4.98. The quantitative estimate of drug-likeness (QED) is 0.758. The molecule has 0 N–H and O–H groups in total. The Hall–Kier alpha value is -0.820. The standard InChI is InChI=1S/C17H29N/c1-13(2)16-10-8-15(9-11-16)12-14(3)18(7)17(4,5)6/h8-11,13-14H,12H2,1-7H3. The van der Waals surface area contributed by atoms with Gasteiger partial charge in [0, 0.05) is 11.6 Å². The minimum absolute atomic E-state index is 0.233. The summed E-state index contributed by atoms with van der Waals surface area (Å²) in [5, 5.41) is 0. The first kappa shape index (κ1) is 15.2. The highest BCUT2D eigenvalue weighted by Gasteiger charge is 2.22. The average molecular weight is 247 g/mol. The molecule has 0 amide bonds. The lowest BCUT2D eigenvalue weighted by molar-refractivity contribution is 0.126. The minimum Gasteiger partial charge on any atom is -0.299 e. The Morgan fingerprint density at radius 3 is 1.89 bits per heavy atom. The SMILES string of the molecule is CC(C)c1ccc(CC(C)N(C)C(C)(C)C)cc1. The smallest absolute Gasteiger partial charge is 0.0124 e. The maximum atomic E-state index is 2.45. The Labute approximate surface area is 113 Å². The Balaban J connectivity index is 2.68. The summed E-state index contributed by atoms with van der Waals surface area (Å²) < 4.78 is 0. The van der Waals surface area contributed by atoms with Gasteiger partial charge in [-0.25, -0.2) is 0 Å². The fraction of sp³-hybridized carbons (Fsp3) is 0.647. The van der Waals surface area contributed by atoms with Gasteiger partial charge >= 0.3 is 0 Å². The molecule has 1 rings (SSSR count). The van der Waals surface area contributed by atoms with Gasteiger partial charge in [0.2, 0.25) is 0 Å². The van der Waals surface area contributed by atoms with E-state index < -0.39 is 0 Å². The van der Waals surface area contributed by atoms with Gasteiger partial charge in [-0.1, -0.05) is 38.1 Å². The molecular formula is C17H29N. The van der Waals surface area contributed by atoms with E-state index in [2.05, 4.69) is 77.8 Å². The lowest BCUT2D eigenvalue weighted by Crippen LogP contribution is -2.44. The van der Waals surface area contributed by atoms with E-state index in [-0.39, 0.29) is 5.54 Å². The summed E-state index contributed by atoms with van der Waals surface area (Å²) in [7, 11) is 2.22. The molecule has 0 saturated heterocycles. The van der Waals surface area contributed by atoms with Crippen LogP contribution >= 0.6 is 0 Å². The molecule has 1 heteroatoms. The zero-order chi connectivity index (χ0) is 13.9. The van der Waals surface area contributed by atoms with Crippen LogP contribution in [0.2, 0.25) is 0 Å². The summed E-state index contributed by atoms with van der Waals surface area (Å²) in [6.45, 7) is 13.6. The van der Waals surface area contributed by atoms with Crippen molar-refractivity contribution in [2.45, 2.75) is 65.5 Å². The van der Waals surface area contributed by atoms with Crippen molar-refractivity contribution in [3.63, 3.8) is 0 Å². The van der Waals surface area contributed by atoms with E-state index in [0.29, 0.717) is 12.0 Å². The van der Waals surface area contributed by atoms with Crippen molar-refractivity contribution in [3.05, 3.63) is 35.4 Å². The molecule has 0 spiro atoms. The molecule has 0 radical (unpaired) electrons. The summed E-state index contributed by atoms with van der Waals surface area (Å²) >= 11 is 0. The summed E-state index contributed by atoms with van der Waals surface area (Å²) in [5.74, 6) is 0.619. The van der Waals surface area contributed by atoms with Gasteiger partial charge in [0.1, 0.15) is 0 Å². The van der Waals surface area contributed by atoms with E-state index in [1.807, 2.05) is 0 Å². The molecule has 1 aromatic carbocycles. The van der Waals surface area contributed by atoms with Gasteiger partial charge in [-0.15, -0.1) is 0 Å². The third-order valence-electron chi connectivity index (χ3n) is 3.90. The fourth-order valence-electron chi connectivity index (χ4n) is 2.18. The van der Waals surface area contributed by atoms with E-state index in [0.717, 1.165) is 6.42 Å². The van der Waals surface area contributed by atoms with Gasteiger partial charge in [-0.05, 0) is 58.2 Å². The molecule has 102 valence electrons. The predicted octanol–water partition coefficient (Wildman–Crippen LogP) is 4.47. The van der Waals surface area contributed by atoms with Crippen LogP contribution in [0.5, 0.6) is 0 Å². The number of hydrogen-bond acceptors (Lipinski definition) is 1. The van der Waals surface area contributed by atoms with Gasteiger partial charge in [-0.2, -0.15) is 0 Å². The second-order valence-electron chi connectivity index (χ2n) is 6.73. The molecule has 0 heterocycles. The normalized spacial score (nSPS) is 14.3. The van der Waals surface area contributed by atoms with Crippen molar-refractivity contribution in [2.75, 3.05) is 7.05 Å². The van der Waals surface area contributed by atoms with E-state index >= 15 is 0 Å². The Morgan fingerprint density at radius 2 is 1.50 bits per heavy atom. The Bertz CT molecular complexity index is 356. The molecule has 0 aliphatic carbocycles. The summed E-state index contributed by atoms with van der Waals surface area (Å²) in [4.78, 5) is 2.45. The molecule has 0 bridgehead atoms. The maximum absolute atomic E-state index is 2.45. The van der Waals surface area contributed by atoms with Gasteiger partial charge in [-0.3, -0.25) is 4.90 Å². The van der Waals surface area contributed by atoms with Crippen LogP contribution in [0.25, 0.3) is 0 Å². The van der Waals surface area contributed by atoms with Crippen molar-refractivity contribution in [1.29, 1.82) is 0 Å². The van der Waals surface area contributed by atoms with E-state index in [1.54, 1.807) is 0 Å². The summed E-state index contributed by atoms with van der Waals surface area (Å²) in [6, 6.07) is 9.66. The minimum atomic E-state index is 0.233. The topological polar surface area (TPSA) is 3.24 Å². The maximum Gasteiger partial charge on any atom is 0.0124 e. The van der Waals surface area contributed by atoms with E-state index in [9.17, 15) is 0 Å². The van der Waals surface area contributed by atoms with Crippen molar-refractivity contribution in [3.8, 4) is 0 Å². The summed E-state index contributed by atoms with van der Waals surface area (Å²) in [5.41, 5.74) is 3.09. The van der Waals surface area contributed by atoms with E-state index in [1.165, 1.54) is 11.1 Å². The number of likely N-dealkylation sites (N-methyl/N-ethyl adjacent to an activating group) is 1. The van der Waals surface area contributed by atoms with Crippen LogP contribution in [-0.2, 0) is 6.42 Å². The third-order valence-corrected chi connectivity index (χ3v) is 3.90.